The predicted octanol–water partition coefficient (Wildman–Crippen LogP) is 4.68. The zero-order valence-corrected chi connectivity index (χ0v) is 12.1. The summed E-state index contributed by atoms with van der Waals surface area (Å²) in [5.41, 5.74) is 0. The normalized spacial score (nSPS) is 15.1. The third kappa shape index (κ3) is 4.45. The molecule has 0 heterocycles. The van der Waals surface area contributed by atoms with Gasteiger partial charge >= 0.3 is 23.1 Å². The van der Waals surface area contributed by atoms with Gasteiger partial charge in [0.15, 0.2) is 6.29 Å². The molecule has 0 bridgehead atoms. The molecule has 0 atom stereocenters. The number of hydrogen-bond acceptors (Lipinski definition) is 2. The fraction of sp³-hybridized carbons (Fsp3) is 0.818. The second-order valence-corrected chi connectivity index (χ2v) is 4.38. The van der Waals surface area contributed by atoms with E-state index in [1.165, 1.54) is 13.8 Å². The molecule has 0 aromatic rings. The molecule has 0 aliphatic rings. The van der Waals surface area contributed by atoms with Crippen LogP contribution < -0.4 is 0 Å². The van der Waals surface area contributed by atoms with Crippen LogP contribution in [-0.2, 0) is 9.47 Å². The molecule has 11 heteroatoms. The summed E-state index contributed by atoms with van der Waals surface area (Å²) in [6.07, 6.45) is -1.98. The van der Waals surface area contributed by atoms with Gasteiger partial charge in [0.25, 0.3) is 0 Å². The van der Waals surface area contributed by atoms with Gasteiger partial charge < -0.3 is 9.47 Å². The fourth-order valence-electron chi connectivity index (χ4n) is 1.18. The Morgan fingerprint density at radius 3 is 1.59 bits per heavy atom. The van der Waals surface area contributed by atoms with Gasteiger partial charge in [-0.3, -0.25) is 0 Å². The van der Waals surface area contributed by atoms with Crippen LogP contribution in [-0.4, -0.2) is 42.7 Å². The molecular formula is C11H13ClF8O2. The molecule has 132 valence electrons. The van der Waals surface area contributed by atoms with Crippen molar-refractivity contribution in [2.24, 2.45) is 0 Å². The van der Waals surface area contributed by atoms with Gasteiger partial charge in [0.2, 0.25) is 0 Å². The molecule has 0 spiro atoms. The summed E-state index contributed by atoms with van der Waals surface area (Å²) >= 11 is 3.81. The van der Waals surface area contributed by atoms with Crippen molar-refractivity contribution in [3.05, 3.63) is 12.2 Å². The van der Waals surface area contributed by atoms with Gasteiger partial charge in [-0.1, -0.05) is 0 Å². The number of ether oxygens (including phenoxy) is 2. The summed E-state index contributed by atoms with van der Waals surface area (Å²) in [7, 11) is 0. The SMILES string of the molecule is CCOC(/C=C/C(F)(F)C(F)(F)C(F)(F)C(F)(F)Cl)OCC. The minimum Gasteiger partial charge on any atom is -0.349 e. The van der Waals surface area contributed by atoms with Crippen molar-refractivity contribution < 1.29 is 44.6 Å². The average molecular weight is 365 g/mol. The highest BCUT2D eigenvalue weighted by molar-refractivity contribution is 6.22. The second kappa shape index (κ2) is 7.31. The Bertz CT molecular complexity index is 375. The minimum atomic E-state index is -6.48. The Hall–Kier alpha value is -0.610. The monoisotopic (exact) mass is 364 g/mol. The molecule has 0 aromatic carbocycles. The van der Waals surface area contributed by atoms with Crippen LogP contribution in [0.25, 0.3) is 0 Å². The molecule has 0 aliphatic carbocycles. The lowest BCUT2D eigenvalue weighted by molar-refractivity contribution is -0.335. The summed E-state index contributed by atoms with van der Waals surface area (Å²) in [4.78, 5) is 0. The Balaban J connectivity index is 5.43. The zero-order valence-electron chi connectivity index (χ0n) is 11.4. The van der Waals surface area contributed by atoms with E-state index in [2.05, 4.69) is 11.6 Å². The van der Waals surface area contributed by atoms with Crippen LogP contribution in [0.2, 0.25) is 0 Å². The van der Waals surface area contributed by atoms with E-state index in [1.54, 1.807) is 0 Å². The maximum Gasteiger partial charge on any atom is 0.393 e. The molecule has 0 saturated carbocycles. The van der Waals surface area contributed by atoms with E-state index in [0.717, 1.165) is 0 Å². The van der Waals surface area contributed by atoms with Gasteiger partial charge in [0.1, 0.15) is 0 Å². The molecule has 2 nitrogen and oxygen atoms in total. The van der Waals surface area contributed by atoms with Crippen molar-refractivity contribution >= 4 is 11.6 Å². The highest BCUT2D eigenvalue weighted by Gasteiger charge is 2.79. The van der Waals surface area contributed by atoms with Crippen molar-refractivity contribution in [2.75, 3.05) is 13.2 Å². The first-order valence-electron chi connectivity index (χ1n) is 5.87. The van der Waals surface area contributed by atoms with Crippen LogP contribution in [0.5, 0.6) is 0 Å². The van der Waals surface area contributed by atoms with Gasteiger partial charge in [-0.15, -0.1) is 0 Å². The first kappa shape index (κ1) is 21.4. The van der Waals surface area contributed by atoms with E-state index in [-0.39, 0.29) is 19.3 Å². The Labute approximate surface area is 126 Å². The van der Waals surface area contributed by atoms with Gasteiger partial charge in [-0.2, -0.15) is 35.1 Å². The number of allylic oxidation sites excluding steroid dienone is 1. The summed E-state index contributed by atoms with van der Waals surface area (Å²) in [5.74, 6) is -18.5. The molecule has 0 rings (SSSR count). The first-order chi connectivity index (χ1) is 9.74. The molecular weight excluding hydrogens is 352 g/mol. The highest BCUT2D eigenvalue weighted by Crippen LogP contribution is 2.54. The van der Waals surface area contributed by atoms with E-state index in [4.69, 9.17) is 9.47 Å². The lowest BCUT2D eigenvalue weighted by Crippen LogP contribution is -2.59. The fourth-order valence-corrected chi connectivity index (χ4v) is 1.30. The van der Waals surface area contributed by atoms with Crippen molar-refractivity contribution in [3.63, 3.8) is 0 Å². The number of hydrogen-bond donors (Lipinski definition) is 0. The topological polar surface area (TPSA) is 18.5 Å². The van der Waals surface area contributed by atoms with Crippen LogP contribution in [0.4, 0.5) is 35.1 Å². The number of alkyl halides is 9. The third-order valence-electron chi connectivity index (χ3n) is 2.29. The Morgan fingerprint density at radius 2 is 1.27 bits per heavy atom. The van der Waals surface area contributed by atoms with Crippen molar-refractivity contribution in [2.45, 2.75) is 43.3 Å². The number of rotatable bonds is 9. The third-order valence-corrected chi connectivity index (χ3v) is 2.53. The van der Waals surface area contributed by atoms with Crippen molar-refractivity contribution in [1.29, 1.82) is 0 Å². The van der Waals surface area contributed by atoms with Gasteiger partial charge in [0.05, 0.1) is 0 Å². The van der Waals surface area contributed by atoms with Crippen LogP contribution in [0.3, 0.4) is 0 Å². The molecule has 0 amide bonds. The molecule has 0 unspecified atom stereocenters. The second-order valence-electron chi connectivity index (χ2n) is 3.91. The summed E-state index contributed by atoms with van der Waals surface area (Å²) in [6, 6.07) is 0. The molecule has 0 fully saturated rings. The number of halogens is 9. The Morgan fingerprint density at radius 1 is 0.864 bits per heavy atom. The maximum atomic E-state index is 13.2. The van der Waals surface area contributed by atoms with Crippen LogP contribution in [0.15, 0.2) is 12.2 Å². The molecule has 0 aliphatic heterocycles. The molecule has 0 N–H and O–H groups in total. The van der Waals surface area contributed by atoms with E-state index >= 15 is 0 Å². The van der Waals surface area contributed by atoms with Crippen molar-refractivity contribution in [3.8, 4) is 0 Å². The van der Waals surface area contributed by atoms with Gasteiger partial charge in [-0.05, 0) is 37.6 Å². The smallest absolute Gasteiger partial charge is 0.349 e. The largest absolute Gasteiger partial charge is 0.393 e. The van der Waals surface area contributed by atoms with Gasteiger partial charge in [0, 0.05) is 13.2 Å². The van der Waals surface area contributed by atoms with Crippen LogP contribution >= 0.6 is 11.6 Å². The quantitative estimate of drug-likeness (QED) is 0.256. The molecule has 0 saturated heterocycles. The van der Waals surface area contributed by atoms with Crippen LogP contribution in [0, 0.1) is 0 Å². The molecule has 0 aromatic heterocycles. The lowest BCUT2D eigenvalue weighted by atomic mass is 10.0. The summed E-state index contributed by atoms with van der Waals surface area (Å²) < 4.78 is 112. The Kier molecular flexibility index (Phi) is 7.10. The zero-order chi connectivity index (χ0) is 17.8. The van der Waals surface area contributed by atoms with E-state index in [1.807, 2.05) is 0 Å². The van der Waals surface area contributed by atoms with E-state index in [0.29, 0.717) is 0 Å². The van der Waals surface area contributed by atoms with E-state index < -0.39 is 35.5 Å². The standard InChI is InChI=1S/C11H13ClF8O2/c1-3-21-7(22-4-2)5-6-8(13,14)9(15,16)10(17,18)11(12,19)20/h5-7H,3-4H2,1-2H3/b6-5+. The van der Waals surface area contributed by atoms with E-state index in [9.17, 15) is 35.1 Å². The summed E-state index contributed by atoms with van der Waals surface area (Å²) in [5, 5.41) is -5.87. The maximum absolute atomic E-state index is 13.2. The first-order valence-corrected chi connectivity index (χ1v) is 6.25. The average Bonchev–Trinajstić information content (AvgIpc) is 2.34. The lowest BCUT2D eigenvalue weighted by Gasteiger charge is -2.33. The predicted molar refractivity (Wildman–Crippen MR) is 61.8 cm³/mol. The highest BCUT2D eigenvalue weighted by atomic mass is 35.5. The molecule has 0 radical (unpaired) electrons. The van der Waals surface area contributed by atoms with Crippen molar-refractivity contribution in [1.82, 2.24) is 0 Å². The van der Waals surface area contributed by atoms with Crippen LogP contribution in [0.1, 0.15) is 13.8 Å². The summed E-state index contributed by atoms with van der Waals surface area (Å²) in [6.45, 7) is 2.73. The molecule has 22 heavy (non-hydrogen) atoms. The van der Waals surface area contributed by atoms with Gasteiger partial charge in [-0.25, -0.2) is 0 Å². The minimum absolute atomic E-state index is 0.0626.